The highest BCUT2D eigenvalue weighted by molar-refractivity contribution is 5.99. The summed E-state index contributed by atoms with van der Waals surface area (Å²) in [4.78, 5) is 27.5. The molecule has 156 valence electrons. The Labute approximate surface area is 176 Å². The van der Waals surface area contributed by atoms with Gasteiger partial charge >= 0.3 is 6.03 Å². The van der Waals surface area contributed by atoms with Crippen LogP contribution in [0.2, 0.25) is 0 Å². The molecule has 1 aliphatic carbocycles. The average Bonchev–Trinajstić information content (AvgIpc) is 2.74. The van der Waals surface area contributed by atoms with E-state index in [0.29, 0.717) is 17.7 Å². The number of amides is 3. The smallest absolute Gasteiger partial charge is 0.325 e. The first kappa shape index (κ1) is 19.0. The zero-order valence-electron chi connectivity index (χ0n) is 17.2. The van der Waals surface area contributed by atoms with E-state index in [1.165, 1.54) is 6.42 Å². The number of carbonyl (C=O) groups excluding carboxylic acids is 2. The van der Waals surface area contributed by atoms with Gasteiger partial charge in [0, 0.05) is 23.6 Å². The van der Waals surface area contributed by atoms with Crippen molar-refractivity contribution in [3.05, 3.63) is 59.7 Å². The molecule has 2 aliphatic heterocycles. The quantitative estimate of drug-likeness (QED) is 0.789. The van der Waals surface area contributed by atoms with Crippen LogP contribution in [0.5, 0.6) is 5.75 Å². The number of urea groups is 1. The number of ether oxygens (including phenoxy) is 1. The molecular formula is C24H27N3O3. The van der Waals surface area contributed by atoms with Crippen molar-refractivity contribution in [2.45, 2.75) is 63.3 Å². The van der Waals surface area contributed by atoms with Gasteiger partial charge in [-0.15, -0.1) is 0 Å². The van der Waals surface area contributed by atoms with Crippen molar-refractivity contribution in [1.82, 2.24) is 10.6 Å². The van der Waals surface area contributed by atoms with E-state index in [9.17, 15) is 9.59 Å². The van der Waals surface area contributed by atoms with Crippen LogP contribution >= 0.6 is 0 Å². The minimum Gasteiger partial charge on any atom is -0.467 e. The van der Waals surface area contributed by atoms with E-state index in [0.717, 1.165) is 37.0 Å². The van der Waals surface area contributed by atoms with E-state index >= 15 is 0 Å². The molecule has 2 aromatic carbocycles. The van der Waals surface area contributed by atoms with Crippen molar-refractivity contribution in [2.24, 2.45) is 0 Å². The summed E-state index contributed by atoms with van der Waals surface area (Å²) in [5.41, 5.74) is 1.40. The van der Waals surface area contributed by atoms with Crippen LogP contribution < -0.4 is 20.3 Å². The maximum Gasteiger partial charge on any atom is 0.325 e. The maximum atomic E-state index is 13.1. The van der Waals surface area contributed by atoms with E-state index in [1.807, 2.05) is 43.3 Å². The van der Waals surface area contributed by atoms with E-state index < -0.39 is 5.72 Å². The third kappa shape index (κ3) is 3.30. The zero-order chi connectivity index (χ0) is 20.7. The molecule has 0 aromatic heterocycles. The second-order valence-electron chi connectivity index (χ2n) is 8.72. The molecule has 6 heteroatoms. The fraction of sp³-hybridized carbons (Fsp3) is 0.417. The number of nitrogens with one attached hydrogen (secondary N) is 2. The third-order valence-electron chi connectivity index (χ3n) is 6.49. The number of hydrogen-bond acceptors (Lipinski definition) is 3. The van der Waals surface area contributed by atoms with Gasteiger partial charge in [-0.2, -0.15) is 0 Å². The Hall–Kier alpha value is -3.02. The molecule has 0 unspecified atom stereocenters. The third-order valence-corrected chi connectivity index (χ3v) is 6.49. The van der Waals surface area contributed by atoms with Crippen molar-refractivity contribution >= 4 is 17.6 Å². The molecule has 0 radical (unpaired) electrons. The molecule has 0 spiro atoms. The van der Waals surface area contributed by atoms with Crippen LogP contribution in [0.25, 0.3) is 0 Å². The Morgan fingerprint density at radius 2 is 1.93 bits per heavy atom. The summed E-state index contributed by atoms with van der Waals surface area (Å²) in [6.45, 7) is 1.93. The molecule has 2 aromatic rings. The predicted molar refractivity (Wildman–Crippen MR) is 115 cm³/mol. The lowest BCUT2D eigenvalue weighted by atomic mass is 9.90. The van der Waals surface area contributed by atoms with Gasteiger partial charge in [-0.3, -0.25) is 9.69 Å². The lowest BCUT2D eigenvalue weighted by Crippen LogP contribution is -2.65. The largest absolute Gasteiger partial charge is 0.467 e. The molecule has 2 bridgehead atoms. The zero-order valence-corrected chi connectivity index (χ0v) is 17.2. The maximum absolute atomic E-state index is 13.1. The van der Waals surface area contributed by atoms with Crippen LogP contribution in [0.15, 0.2) is 48.5 Å². The lowest BCUT2D eigenvalue weighted by Gasteiger charge is -2.50. The second kappa shape index (κ2) is 7.35. The number of anilines is 1. The monoisotopic (exact) mass is 405 g/mol. The fourth-order valence-electron chi connectivity index (χ4n) is 5.01. The van der Waals surface area contributed by atoms with E-state index in [-0.39, 0.29) is 24.0 Å². The highest BCUT2D eigenvalue weighted by atomic mass is 16.5. The number of fused-ring (bicyclic) bond motifs is 4. The number of benzene rings is 2. The normalized spacial score (nSPS) is 25.7. The molecule has 1 saturated heterocycles. The second-order valence-corrected chi connectivity index (χ2v) is 8.72. The number of para-hydroxylation sites is 1. The van der Waals surface area contributed by atoms with Crippen LogP contribution in [0.1, 0.15) is 67.4 Å². The summed E-state index contributed by atoms with van der Waals surface area (Å²) in [6, 6.07) is 15.0. The molecule has 2 heterocycles. The summed E-state index contributed by atoms with van der Waals surface area (Å²) in [5, 5.41) is 6.25. The summed E-state index contributed by atoms with van der Waals surface area (Å²) in [5.74, 6) is 0.701. The minimum absolute atomic E-state index is 0.0820. The van der Waals surface area contributed by atoms with Crippen LogP contribution in [0.3, 0.4) is 0 Å². The first-order valence-corrected chi connectivity index (χ1v) is 10.8. The Morgan fingerprint density at radius 3 is 2.77 bits per heavy atom. The van der Waals surface area contributed by atoms with Gasteiger partial charge in [-0.05, 0) is 44.0 Å². The van der Waals surface area contributed by atoms with Gasteiger partial charge in [0.25, 0.3) is 5.91 Å². The van der Waals surface area contributed by atoms with E-state index in [4.69, 9.17) is 4.74 Å². The van der Waals surface area contributed by atoms with Gasteiger partial charge in [0.1, 0.15) is 5.75 Å². The molecule has 2 N–H and O–H groups in total. The lowest BCUT2D eigenvalue weighted by molar-refractivity contribution is 0.0378. The van der Waals surface area contributed by atoms with Crippen molar-refractivity contribution in [1.29, 1.82) is 0 Å². The van der Waals surface area contributed by atoms with Crippen LogP contribution in [-0.4, -0.2) is 23.7 Å². The van der Waals surface area contributed by atoms with Crippen molar-refractivity contribution < 1.29 is 14.3 Å². The van der Waals surface area contributed by atoms with Gasteiger partial charge < -0.3 is 15.4 Å². The fourth-order valence-corrected chi connectivity index (χ4v) is 5.01. The summed E-state index contributed by atoms with van der Waals surface area (Å²) < 4.78 is 6.31. The molecular weight excluding hydrogens is 378 g/mol. The molecule has 1 saturated carbocycles. The van der Waals surface area contributed by atoms with Gasteiger partial charge in [0.2, 0.25) is 0 Å². The van der Waals surface area contributed by atoms with Crippen molar-refractivity contribution in [3.63, 3.8) is 0 Å². The summed E-state index contributed by atoms with van der Waals surface area (Å²) in [6.07, 6.45) is 6.27. The van der Waals surface area contributed by atoms with E-state index in [2.05, 4.69) is 10.6 Å². The van der Waals surface area contributed by atoms with Gasteiger partial charge in [-0.1, -0.05) is 43.5 Å². The SMILES string of the molecule is C[C@@]12C[C@@H](NC(=O)N1c1cccc(C(=O)NC3CCCCC3)c1)c1ccccc1O2. The van der Waals surface area contributed by atoms with Gasteiger partial charge in [0.05, 0.1) is 11.7 Å². The first-order valence-electron chi connectivity index (χ1n) is 10.8. The van der Waals surface area contributed by atoms with Gasteiger partial charge in [-0.25, -0.2) is 4.79 Å². The molecule has 5 rings (SSSR count). The Kier molecular flexibility index (Phi) is 4.65. The molecule has 6 nitrogen and oxygen atoms in total. The Bertz CT molecular complexity index is 985. The predicted octanol–water partition coefficient (Wildman–Crippen LogP) is 4.52. The molecule has 2 atom stereocenters. The number of carbonyl (C=O) groups is 2. The van der Waals surface area contributed by atoms with Crippen LogP contribution in [0, 0.1) is 0 Å². The van der Waals surface area contributed by atoms with Crippen LogP contribution in [-0.2, 0) is 0 Å². The molecule has 30 heavy (non-hydrogen) atoms. The van der Waals surface area contributed by atoms with Gasteiger partial charge in [0.15, 0.2) is 5.72 Å². The average molecular weight is 405 g/mol. The molecule has 3 aliphatic rings. The molecule has 3 amide bonds. The van der Waals surface area contributed by atoms with Crippen molar-refractivity contribution in [2.75, 3.05) is 4.90 Å². The van der Waals surface area contributed by atoms with E-state index in [1.54, 1.807) is 17.0 Å². The minimum atomic E-state index is -0.820. The highest BCUT2D eigenvalue weighted by Crippen LogP contribution is 2.45. The highest BCUT2D eigenvalue weighted by Gasteiger charge is 2.49. The van der Waals surface area contributed by atoms with Crippen LogP contribution in [0.4, 0.5) is 10.5 Å². The summed E-state index contributed by atoms with van der Waals surface area (Å²) >= 11 is 0. The van der Waals surface area contributed by atoms with Crippen molar-refractivity contribution in [3.8, 4) is 5.75 Å². The Balaban J connectivity index is 1.42. The topological polar surface area (TPSA) is 70.7 Å². The number of hydrogen-bond donors (Lipinski definition) is 2. The summed E-state index contributed by atoms with van der Waals surface area (Å²) in [7, 11) is 0. The number of rotatable bonds is 3. The Morgan fingerprint density at radius 1 is 1.13 bits per heavy atom. The number of nitrogens with zero attached hydrogens (tertiary/aromatic N) is 1. The first-order chi connectivity index (χ1) is 14.5. The molecule has 2 fully saturated rings. The standard InChI is InChI=1S/C24H27N3O3/c1-24-15-20(19-12-5-6-13-21(19)30-24)26-23(29)27(24)18-11-7-8-16(14-18)22(28)25-17-9-3-2-4-10-17/h5-8,11-14,17,20H,2-4,9-10,15H2,1H3,(H,25,28)(H,26,29)/t20-,24-/m1/s1.